The van der Waals surface area contributed by atoms with E-state index in [9.17, 15) is 4.79 Å². The van der Waals surface area contributed by atoms with E-state index in [-0.39, 0.29) is 11.9 Å². The van der Waals surface area contributed by atoms with E-state index < -0.39 is 0 Å². The fourth-order valence-corrected chi connectivity index (χ4v) is 1.94. The number of amides is 1. The van der Waals surface area contributed by atoms with Gasteiger partial charge in [0.1, 0.15) is 0 Å². The maximum absolute atomic E-state index is 11.9. The van der Waals surface area contributed by atoms with Crippen LogP contribution in [0.25, 0.3) is 0 Å². The van der Waals surface area contributed by atoms with Gasteiger partial charge in [0.25, 0.3) is 5.91 Å². The zero-order chi connectivity index (χ0) is 14.5. The molecule has 0 saturated carbocycles. The first-order valence-corrected chi connectivity index (χ1v) is 7.04. The summed E-state index contributed by atoms with van der Waals surface area (Å²) >= 11 is 5.82. The highest BCUT2D eigenvalue weighted by atomic mass is 35.5. The SMILES string of the molecule is CC[C@H](C)NC(=O)c1ccc(Cn2cc(Cl)cn2)cc1. The number of nitrogens with zero attached hydrogens (tertiary/aromatic N) is 2. The van der Waals surface area contributed by atoms with Gasteiger partial charge in [0, 0.05) is 17.8 Å². The second kappa shape index (κ2) is 6.57. The Balaban J connectivity index is 2.00. The number of benzene rings is 1. The van der Waals surface area contributed by atoms with Gasteiger partial charge in [-0.1, -0.05) is 30.7 Å². The molecule has 0 aliphatic heterocycles. The second-order valence-corrected chi connectivity index (χ2v) is 5.27. The Morgan fingerprint density at radius 1 is 1.40 bits per heavy atom. The normalized spacial score (nSPS) is 12.2. The van der Waals surface area contributed by atoms with Crippen LogP contribution in [0.5, 0.6) is 0 Å². The predicted octanol–water partition coefficient (Wildman–Crippen LogP) is 3.11. The number of aromatic nitrogens is 2. The van der Waals surface area contributed by atoms with E-state index in [4.69, 9.17) is 11.6 Å². The van der Waals surface area contributed by atoms with Crippen LogP contribution in [0, 0.1) is 0 Å². The molecule has 0 fully saturated rings. The minimum Gasteiger partial charge on any atom is -0.350 e. The minimum atomic E-state index is -0.0342. The Hall–Kier alpha value is -1.81. The lowest BCUT2D eigenvalue weighted by molar-refractivity contribution is 0.0939. The van der Waals surface area contributed by atoms with Gasteiger partial charge in [0.05, 0.1) is 17.8 Å². The number of hydrogen-bond donors (Lipinski definition) is 1. The monoisotopic (exact) mass is 291 g/mol. The van der Waals surface area contributed by atoms with Crippen molar-refractivity contribution in [3.8, 4) is 0 Å². The molecular weight excluding hydrogens is 274 g/mol. The molecule has 1 amide bonds. The van der Waals surface area contributed by atoms with E-state index in [1.54, 1.807) is 17.1 Å². The molecule has 0 aliphatic rings. The van der Waals surface area contributed by atoms with E-state index >= 15 is 0 Å². The van der Waals surface area contributed by atoms with Crippen LogP contribution in [0.4, 0.5) is 0 Å². The third-order valence-corrected chi connectivity index (χ3v) is 3.35. The molecule has 20 heavy (non-hydrogen) atoms. The van der Waals surface area contributed by atoms with Crippen LogP contribution in [0.3, 0.4) is 0 Å². The molecule has 1 N–H and O–H groups in total. The Bertz CT molecular complexity index is 577. The van der Waals surface area contributed by atoms with Crippen LogP contribution in [-0.4, -0.2) is 21.7 Å². The standard InChI is InChI=1S/C15H18ClN3O/c1-3-11(2)18-15(20)13-6-4-12(5-7-13)9-19-10-14(16)8-17-19/h4-8,10-11H,3,9H2,1-2H3,(H,18,20)/t11-/m0/s1. The Labute approximate surface area is 123 Å². The lowest BCUT2D eigenvalue weighted by Crippen LogP contribution is -2.31. The molecular formula is C15H18ClN3O. The summed E-state index contributed by atoms with van der Waals surface area (Å²) in [7, 11) is 0. The van der Waals surface area contributed by atoms with Crippen LogP contribution in [0.1, 0.15) is 36.2 Å². The summed E-state index contributed by atoms with van der Waals surface area (Å²) in [6, 6.07) is 7.71. The lowest BCUT2D eigenvalue weighted by Gasteiger charge is -2.11. The van der Waals surface area contributed by atoms with Crippen LogP contribution < -0.4 is 5.32 Å². The van der Waals surface area contributed by atoms with Crippen LogP contribution in [0.2, 0.25) is 5.02 Å². The molecule has 1 atom stereocenters. The number of hydrogen-bond acceptors (Lipinski definition) is 2. The molecule has 0 saturated heterocycles. The first-order chi connectivity index (χ1) is 9.58. The molecule has 5 heteroatoms. The highest BCUT2D eigenvalue weighted by molar-refractivity contribution is 6.30. The molecule has 1 heterocycles. The molecule has 0 aliphatic carbocycles. The van der Waals surface area contributed by atoms with Crippen LogP contribution in [-0.2, 0) is 6.54 Å². The summed E-state index contributed by atoms with van der Waals surface area (Å²) in [5, 5.41) is 7.69. The largest absolute Gasteiger partial charge is 0.350 e. The van der Waals surface area contributed by atoms with Gasteiger partial charge in [-0.05, 0) is 31.0 Å². The smallest absolute Gasteiger partial charge is 0.251 e. The average molecular weight is 292 g/mol. The molecule has 0 bridgehead atoms. The Morgan fingerprint density at radius 2 is 2.10 bits per heavy atom. The van der Waals surface area contributed by atoms with Crippen molar-refractivity contribution in [2.75, 3.05) is 0 Å². The number of rotatable bonds is 5. The number of carbonyl (C=O) groups is 1. The molecule has 2 aromatic rings. The van der Waals surface area contributed by atoms with E-state index in [0.717, 1.165) is 12.0 Å². The highest BCUT2D eigenvalue weighted by Gasteiger charge is 2.08. The first-order valence-electron chi connectivity index (χ1n) is 6.66. The molecule has 0 spiro atoms. The van der Waals surface area contributed by atoms with E-state index in [2.05, 4.69) is 10.4 Å². The maximum atomic E-state index is 11.9. The highest BCUT2D eigenvalue weighted by Crippen LogP contribution is 2.09. The zero-order valence-corrected chi connectivity index (χ0v) is 12.4. The van der Waals surface area contributed by atoms with Gasteiger partial charge in [-0.3, -0.25) is 9.48 Å². The van der Waals surface area contributed by atoms with Gasteiger partial charge in [-0.2, -0.15) is 5.10 Å². The van der Waals surface area contributed by atoms with Crippen molar-refractivity contribution in [2.45, 2.75) is 32.9 Å². The topological polar surface area (TPSA) is 46.9 Å². The van der Waals surface area contributed by atoms with Gasteiger partial charge >= 0.3 is 0 Å². The minimum absolute atomic E-state index is 0.0342. The quantitative estimate of drug-likeness (QED) is 0.920. The molecule has 2 rings (SSSR count). The van der Waals surface area contributed by atoms with Crippen molar-refractivity contribution in [3.63, 3.8) is 0 Å². The molecule has 0 radical (unpaired) electrons. The second-order valence-electron chi connectivity index (χ2n) is 4.84. The summed E-state index contributed by atoms with van der Waals surface area (Å²) < 4.78 is 1.76. The van der Waals surface area contributed by atoms with Crippen molar-refractivity contribution in [2.24, 2.45) is 0 Å². The van der Waals surface area contributed by atoms with Gasteiger partial charge in [0.15, 0.2) is 0 Å². The fourth-order valence-electron chi connectivity index (χ4n) is 1.78. The van der Waals surface area contributed by atoms with Crippen molar-refractivity contribution in [1.29, 1.82) is 0 Å². The van der Waals surface area contributed by atoms with Gasteiger partial charge in [-0.15, -0.1) is 0 Å². The van der Waals surface area contributed by atoms with Gasteiger partial charge in [-0.25, -0.2) is 0 Å². The first kappa shape index (κ1) is 14.6. The van der Waals surface area contributed by atoms with E-state index in [0.29, 0.717) is 17.1 Å². The van der Waals surface area contributed by atoms with Crippen LogP contribution >= 0.6 is 11.6 Å². The predicted molar refractivity (Wildman–Crippen MR) is 80.0 cm³/mol. The van der Waals surface area contributed by atoms with Crippen molar-refractivity contribution in [1.82, 2.24) is 15.1 Å². The summed E-state index contributed by atoms with van der Waals surface area (Å²) in [5.74, 6) is -0.0342. The average Bonchev–Trinajstić information content (AvgIpc) is 2.84. The Kier molecular flexibility index (Phi) is 4.79. The fraction of sp³-hybridized carbons (Fsp3) is 0.333. The lowest BCUT2D eigenvalue weighted by atomic mass is 10.1. The van der Waals surface area contributed by atoms with Crippen LogP contribution in [0.15, 0.2) is 36.7 Å². The van der Waals surface area contributed by atoms with Gasteiger partial charge in [0.2, 0.25) is 0 Å². The zero-order valence-electron chi connectivity index (χ0n) is 11.6. The third-order valence-electron chi connectivity index (χ3n) is 3.15. The summed E-state index contributed by atoms with van der Waals surface area (Å²) in [6.45, 7) is 4.68. The summed E-state index contributed by atoms with van der Waals surface area (Å²) in [5.41, 5.74) is 1.75. The van der Waals surface area contributed by atoms with Crippen molar-refractivity contribution in [3.05, 3.63) is 52.8 Å². The summed E-state index contributed by atoms with van der Waals surface area (Å²) in [6.07, 6.45) is 4.30. The molecule has 1 aromatic heterocycles. The number of nitrogens with one attached hydrogen (secondary N) is 1. The van der Waals surface area contributed by atoms with Crippen molar-refractivity contribution >= 4 is 17.5 Å². The third kappa shape index (κ3) is 3.84. The number of carbonyl (C=O) groups excluding carboxylic acids is 1. The molecule has 106 valence electrons. The molecule has 4 nitrogen and oxygen atoms in total. The number of halogens is 1. The summed E-state index contributed by atoms with van der Waals surface area (Å²) in [4.78, 5) is 11.9. The van der Waals surface area contributed by atoms with E-state index in [1.165, 1.54) is 0 Å². The molecule has 0 unspecified atom stereocenters. The van der Waals surface area contributed by atoms with Gasteiger partial charge < -0.3 is 5.32 Å². The molecule has 1 aromatic carbocycles. The van der Waals surface area contributed by atoms with Crippen molar-refractivity contribution < 1.29 is 4.79 Å². The van der Waals surface area contributed by atoms with E-state index in [1.807, 2.05) is 38.1 Å². The maximum Gasteiger partial charge on any atom is 0.251 e. The Morgan fingerprint density at radius 3 is 2.65 bits per heavy atom.